The van der Waals surface area contributed by atoms with Gasteiger partial charge < -0.3 is 5.11 Å². The van der Waals surface area contributed by atoms with Crippen molar-refractivity contribution in [2.75, 3.05) is 6.54 Å². The van der Waals surface area contributed by atoms with E-state index in [1.54, 1.807) is 0 Å². The normalized spacial score (nSPS) is 12.7. The number of carboxylic acid groups (broad SMARTS) is 1. The number of rotatable bonds is 6. The SMILES string of the molecule is CCN(Cc1ccc(Cl)cc1Br)C(C)CC(=O)O. The number of hydrogen-bond donors (Lipinski definition) is 1. The number of carboxylic acids is 1. The molecule has 0 bridgehead atoms. The van der Waals surface area contributed by atoms with E-state index in [4.69, 9.17) is 16.7 Å². The summed E-state index contributed by atoms with van der Waals surface area (Å²) in [7, 11) is 0. The zero-order valence-corrected chi connectivity index (χ0v) is 12.8. The zero-order valence-electron chi connectivity index (χ0n) is 10.5. The molecule has 1 atom stereocenters. The van der Waals surface area contributed by atoms with Gasteiger partial charge in [-0.1, -0.05) is 40.5 Å². The second kappa shape index (κ2) is 7.12. The monoisotopic (exact) mass is 333 g/mol. The summed E-state index contributed by atoms with van der Waals surface area (Å²) in [6, 6.07) is 5.67. The van der Waals surface area contributed by atoms with Gasteiger partial charge in [-0.2, -0.15) is 0 Å². The van der Waals surface area contributed by atoms with Crippen LogP contribution in [0.1, 0.15) is 25.8 Å². The van der Waals surface area contributed by atoms with Crippen molar-refractivity contribution in [2.24, 2.45) is 0 Å². The number of carbonyl (C=O) groups is 1. The summed E-state index contributed by atoms with van der Waals surface area (Å²) < 4.78 is 0.955. The maximum absolute atomic E-state index is 10.7. The van der Waals surface area contributed by atoms with Gasteiger partial charge in [0, 0.05) is 22.1 Å². The Hall–Kier alpha value is -0.580. The molecule has 0 saturated carbocycles. The van der Waals surface area contributed by atoms with Gasteiger partial charge >= 0.3 is 5.97 Å². The molecule has 0 aliphatic carbocycles. The predicted octanol–water partition coefficient (Wildman–Crippen LogP) is 3.79. The van der Waals surface area contributed by atoms with E-state index >= 15 is 0 Å². The first-order chi connectivity index (χ1) is 8.43. The molecule has 0 aromatic heterocycles. The maximum atomic E-state index is 10.7. The van der Waals surface area contributed by atoms with Crippen molar-refractivity contribution < 1.29 is 9.90 Å². The Bertz CT molecular complexity index is 425. The van der Waals surface area contributed by atoms with Crippen LogP contribution in [-0.2, 0) is 11.3 Å². The minimum atomic E-state index is -0.767. The Balaban J connectivity index is 2.76. The topological polar surface area (TPSA) is 40.5 Å². The molecule has 1 aromatic carbocycles. The molecule has 0 aliphatic rings. The molecule has 18 heavy (non-hydrogen) atoms. The lowest BCUT2D eigenvalue weighted by atomic mass is 10.1. The molecule has 5 heteroatoms. The van der Waals surface area contributed by atoms with E-state index in [9.17, 15) is 4.79 Å². The van der Waals surface area contributed by atoms with Crippen LogP contribution in [0.5, 0.6) is 0 Å². The largest absolute Gasteiger partial charge is 0.481 e. The number of halogens is 2. The molecule has 0 radical (unpaired) electrons. The first-order valence-corrected chi connectivity index (χ1v) is 7.01. The molecular formula is C13H17BrClNO2. The van der Waals surface area contributed by atoms with Gasteiger partial charge in [-0.3, -0.25) is 9.69 Å². The minimum Gasteiger partial charge on any atom is -0.481 e. The third-order valence-corrected chi connectivity index (χ3v) is 3.86. The van der Waals surface area contributed by atoms with Crippen molar-refractivity contribution >= 4 is 33.5 Å². The van der Waals surface area contributed by atoms with Crippen LogP contribution in [0.15, 0.2) is 22.7 Å². The number of hydrogen-bond acceptors (Lipinski definition) is 2. The Morgan fingerprint density at radius 3 is 2.72 bits per heavy atom. The van der Waals surface area contributed by atoms with Crippen LogP contribution in [0.3, 0.4) is 0 Å². The zero-order chi connectivity index (χ0) is 13.7. The number of nitrogens with zero attached hydrogens (tertiary/aromatic N) is 1. The van der Waals surface area contributed by atoms with Crippen molar-refractivity contribution in [1.82, 2.24) is 4.90 Å². The fraction of sp³-hybridized carbons (Fsp3) is 0.462. The van der Waals surface area contributed by atoms with Gasteiger partial charge in [-0.05, 0) is 31.2 Å². The highest BCUT2D eigenvalue weighted by atomic mass is 79.9. The van der Waals surface area contributed by atoms with Gasteiger partial charge in [0.25, 0.3) is 0 Å². The first kappa shape index (κ1) is 15.5. The lowest BCUT2D eigenvalue weighted by Gasteiger charge is -2.27. The molecule has 3 nitrogen and oxygen atoms in total. The summed E-state index contributed by atoms with van der Waals surface area (Å²) in [5, 5.41) is 9.52. The molecule has 1 unspecified atom stereocenters. The van der Waals surface area contributed by atoms with E-state index in [0.717, 1.165) is 16.6 Å². The summed E-state index contributed by atoms with van der Waals surface area (Å²) in [5.41, 5.74) is 1.11. The molecule has 0 saturated heterocycles. The van der Waals surface area contributed by atoms with Gasteiger partial charge in [0.05, 0.1) is 6.42 Å². The fourth-order valence-corrected chi connectivity index (χ4v) is 2.64. The van der Waals surface area contributed by atoms with Crippen molar-refractivity contribution in [2.45, 2.75) is 32.9 Å². The molecule has 1 aromatic rings. The van der Waals surface area contributed by atoms with Crippen molar-refractivity contribution in [3.63, 3.8) is 0 Å². The Kier molecular flexibility index (Phi) is 6.12. The number of aliphatic carboxylic acids is 1. The van der Waals surface area contributed by atoms with Crippen molar-refractivity contribution in [1.29, 1.82) is 0 Å². The number of benzene rings is 1. The average molecular weight is 335 g/mol. The van der Waals surface area contributed by atoms with Crippen LogP contribution in [0, 0.1) is 0 Å². The summed E-state index contributed by atoms with van der Waals surface area (Å²) in [4.78, 5) is 12.9. The van der Waals surface area contributed by atoms with Crippen LogP contribution in [0.4, 0.5) is 0 Å². The Morgan fingerprint density at radius 2 is 2.22 bits per heavy atom. The van der Waals surface area contributed by atoms with Gasteiger partial charge in [-0.15, -0.1) is 0 Å². The van der Waals surface area contributed by atoms with E-state index in [0.29, 0.717) is 11.6 Å². The molecule has 0 amide bonds. The second-order valence-electron chi connectivity index (χ2n) is 4.25. The molecule has 0 fully saturated rings. The van der Waals surface area contributed by atoms with E-state index in [-0.39, 0.29) is 12.5 Å². The summed E-state index contributed by atoms with van der Waals surface area (Å²) >= 11 is 9.37. The summed E-state index contributed by atoms with van der Waals surface area (Å²) in [6.45, 7) is 5.48. The summed E-state index contributed by atoms with van der Waals surface area (Å²) in [6.07, 6.45) is 0.152. The molecular weight excluding hydrogens is 318 g/mol. The predicted molar refractivity (Wildman–Crippen MR) is 77.0 cm³/mol. The van der Waals surface area contributed by atoms with Crippen molar-refractivity contribution in [3.05, 3.63) is 33.3 Å². The molecule has 0 aliphatic heterocycles. The highest BCUT2D eigenvalue weighted by Gasteiger charge is 2.16. The minimum absolute atomic E-state index is 0.00933. The van der Waals surface area contributed by atoms with Crippen molar-refractivity contribution in [3.8, 4) is 0 Å². The Morgan fingerprint density at radius 1 is 1.56 bits per heavy atom. The van der Waals surface area contributed by atoms with Crippen LogP contribution < -0.4 is 0 Å². The smallest absolute Gasteiger partial charge is 0.304 e. The quantitative estimate of drug-likeness (QED) is 0.860. The summed E-state index contributed by atoms with van der Waals surface area (Å²) in [5.74, 6) is -0.767. The lowest BCUT2D eigenvalue weighted by molar-refractivity contribution is -0.138. The molecule has 0 heterocycles. The van der Waals surface area contributed by atoms with E-state index in [1.807, 2.05) is 32.0 Å². The van der Waals surface area contributed by atoms with Crippen LogP contribution in [-0.4, -0.2) is 28.6 Å². The van der Waals surface area contributed by atoms with Crippen LogP contribution in [0.2, 0.25) is 5.02 Å². The van der Waals surface area contributed by atoms with Crippen LogP contribution in [0.25, 0.3) is 0 Å². The third kappa shape index (κ3) is 4.59. The maximum Gasteiger partial charge on any atom is 0.304 e. The van der Waals surface area contributed by atoms with Gasteiger partial charge in [0.15, 0.2) is 0 Å². The lowest BCUT2D eigenvalue weighted by Crippen LogP contribution is -2.34. The standard InChI is InChI=1S/C13H17BrClNO2/c1-3-16(9(2)6-13(17)18)8-10-4-5-11(15)7-12(10)14/h4-5,7,9H,3,6,8H2,1-2H3,(H,17,18). The Labute approximate surface area is 121 Å². The fourth-order valence-electron chi connectivity index (χ4n) is 1.83. The second-order valence-corrected chi connectivity index (χ2v) is 5.54. The molecule has 1 rings (SSSR count). The van der Waals surface area contributed by atoms with Crippen LogP contribution >= 0.6 is 27.5 Å². The van der Waals surface area contributed by atoms with E-state index < -0.39 is 5.97 Å². The highest BCUT2D eigenvalue weighted by Crippen LogP contribution is 2.23. The van der Waals surface area contributed by atoms with Gasteiger partial charge in [-0.25, -0.2) is 0 Å². The molecule has 100 valence electrons. The van der Waals surface area contributed by atoms with Gasteiger partial charge in [0.1, 0.15) is 0 Å². The third-order valence-electron chi connectivity index (χ3n) is 2.89. The molecule has 1 N–H and O–H groups in total. The van der Waals surface area contributed by atoms with E-state index in [1.165, 1.54) is 0 Å². The van der Waals surface area contributed by atoms with E-state index in [2.05, 4.69) is 20.8 Å². The average Bonchev–Trinajstić information content (AvgIpc) is 2.27. The molecule has 0 spiro atoms. The highest BCUT2D eigenvalue weighted by molar-refractivity contribution is 9.10. The van der Waals surface area contributed by atoms with Gasteiger partial charge in [0.2, 0.25) is 0 Å². The first-order valence-electron chi connectivity index (χ1n) is 5.83.